The van der Waals surface area contributed by atoms with E-state index in [-0.39, 0.29) is 17.9 Å². The molecule has 3 rings (SSSR count). The molecule has 0 bridgehead atoms. The quantitative estimate of drug-likeness (QED) is 0.464. The van der Waals surface area contributed by atoms with Crippen LogP contribution in [-0.4, -0.2) is 23.0 Å². The fraction of sp³-hybridized carbons (Fsp3) is 0.208. The summed E-state index contributed by atoms with van der Waals surface area (Å²) in [5, 5.41) is 0. The van der Waals surface area contributed by atoms with Crippen molar-refractivity contribution in [2.24, 2.45) is 5.92 Å². The zero-order chi connectivity index (χ0) is 20.5. The number of methoxy groups -OCH3 is 1. The second-order valence-corrected chi connectivity index (χ2v) is 6.71. The molecule has 0 N–H and O–H groups in total. The topological polar surface area (TPSA) is 61.3 Å². The van der Waals surface area contributed by atoms with Crippen molar-refractivity contribution in [3.8, 4) is 23.6 Å². The number of carbonyl (C=O) groups is 1. The summed E-state index contributed by atoms with van der Waals surface area (Å²) in [5.74, 6) is 6.90. The number of aromatic nitrogens is 2. The lowest BCUT2D eigenvalue weighted by atomic mass is 9.97. The first-order valence-electron chi connectivity index (χ1n) is 9.35. The van der Waals surface area contributed by atoms with Gasteiger partial charge in [0.2, 0.25) is 0 Å². The summed E-state index contributed by atoms with van der Waals surface area (Å²) in [6, 6.07) is 17.7. The summed E-state index contributed by atoms with van der Waals surface area (Å²) < 4.78 is 10.3. The summed E-state index contributed by atoms with van der Waals surface area (Å²) in [5.41, 5.74) is 2.78. The molecule has 5 nitrogen and oxygen atoms in total. The van der Waals surface area contributed by atoms with E-state index in [1.807, 2.05) is 61.5 Å². The van der Waals surface area contributed by atoms with Gasteiger partial charge >= 0.3 is 12.0 Å². The molecule has 146 valence electrons. The lowest BCUT2D eigenvalue weighted by Gasteiger charge is -2.09. The van der Waals surface area contributed by atoms with Gasteiger partial charge in [-0.05, 0) is 42.2 Å². The lowest BCUT2D eigenvalue weighted by molar-refractivity contribution is -0.141. The molecule has 0 radical (unpaired) electrons. The molecule has 3 aromatic rings. The normalized spacial score (nSPS) is 11.1. The Kier molecular flexibility index (Phi) is 6.96. The van der Waals surface area contributed by atoms with Crippen LogP contribution >= 0.6 is 0 Å². The summed E-state index contributed by atoms with van der Waals surface area (Å²) >= 11 is 0. The summed E-state index contributed by atoms with van der Waals surface area (Å²) in [6.07, 6.45) is 4.52. The molecule has 0 aliphatic rings. The maximum absolute atomic E-state index is 11.3. The molecule has 29 heavy (non-hydrogen) atoms. The van der Waals surface area contributed by atoms with E-state index in [1.165, 1.54) is 7.11 Å². The van der Waals surface area contributed by atoms with E-state index in [1.54, 1.807) is 12.4 Å². The minimum Gasteiger partial charge on any atom is -0.469 e. The SMILES string of the molecule is COC(=O)CC(C)Cc1ccc(C#Cc2cnc(Oc3ccccc3)nc2)cc1. The fourth-order valence-corrected chi connectivity index (χ4v) is 2.74. The smallest absolute Gasteiger partial charge is 0.321 e. The van der Waals surface area contributed by atoms with Gasteiger partial charge in [0.1, 0.15) is 5.75 Å². The zero-order valence-electron chi connectivity index (χ0n) is 16.5. The highest BCUT2D eigenvalue weighted by Crippen LogP contribution is 2.16. The van der Waals surface area contributed by atoms with Gasteiger partial charge in [0.25, 0.3) is 0 Å². The van der Waals surface area contributed by atoms with Gasteiger partial charge in [-0.15, -0.1) is 0 Å². The summed E-state index contributed by atoms with van der Waals surface area (Å²) in [6.45, 7) is 2.04. The van der Waals surface area contributed by atoms with Crippen LogP contribution in [0.4, 0.5) is 0 Å². The summed E-state index contributed by atoms with van der Waals surface area (Å²) in [4.78, 5) is 19.7. The van der Waals surface area contributed by atoms with E-state index in [9.17, 15) is 4.79 Å². The first-order chi connectivity index (χ1) is 14.1. The van der Waals surface area contributed by atoms with E-state index < -0.39 is 0 Å². The Hall–Kier alpha value is -3.65. The van der Waals surface area contributed by atoms with Crippen LogP contribution < -0.4 is 4.74 Å². The molecule has 0 aliphatic heterocycles. The van der Waals surface area contributed by atoms with E-state index in [0.717, 1.165) is 17.5 Å². The van der Waals surface area contributed by atoms with E-state index in [2.05, 4.69) is 21.8 Å². The maximum atomic E-state index is 11.3. The maximum Gasteiger partial charge on any atom is 0.321 e. The van der Waals surface area contributed by atoms with Gasteiger partial charge in [-0.1, -0.05) is 49.1 Å². The van der Waals surface area contributed by atoms with Crippen LogP contribution in [0.2, 0.25) is 0 Å². The fourth-order valence-electron chi connectivity index (χ4n) is 2.74. The number of para-hydroxylation sites is 1. The molecule has 5 heteroatoms. The largest absolute Gasteiger partial charge is 0.469 e. The molecule has 1 aromatic heterocycles. The molecular weight excluding hydrogens is 364 g/mol. The number of hydrogen-bond acceptors (Lipinski definition) is 5. The Balaban J connectivity index is 1.57. The molecule has 0 amide bonds. The number of rotatable bonds is 6. The first kappa shape index (κ1) is 20.1. The lowest BCUT2D eigenvalue weighted by Crippen LogP contribution is -2.09. The molecule has 0 spiro atoms. The van der Waals surface area contributed by atoms with Crippen LogP contribution in [0.3, 0.4) is 0 Å². The molecule has 0 aliphatic carbocycles. The number of esters is 1. The van der Waals surface area contributed by atoms with Crippen molar-refractivity contribution in [2.45, 2.75) is 19.8 Å². The van der Waals surface area contributed by atoms with Gasteiger partial charge in [-0.25, -0.2) is 9.97 Å². The highest BCUT2D eigenvalue weighted by atomic mass is 16.5. The Labute approximate surface area is 170 Å². The number of hydrogen-bond donors (Lipinski definition) is 0. The van der Waals surface area contributed by atoms with E-state index >= 15 is 0 Å². The molecule has 0 saturated carbocycles. The number of nitrogens with zero attached hydrogens (tertiary/aromatic N) is 2. The second kappa shape index (κ2) is 10.0. The van der Waals surface area contributed by atoms with E-state index in [4.69, 9.17) is 9.47 Å². The van der Waals surface area contributed by atoms with Gasteiger partial charge in [-0.3, -0.25) is 4.79 Å². The molecule has 1 unspecified atom stereocenters. The third-order valence-corrected chi connectivity index (χ3v) is 4.21. The van der Waals surface area contributed by atoms with Crippen LogP contribution in [0, 0.1) is 17.8 Å². The predicted octanol–water partition coefficient (Wildman–Crippen LogP) is 4.41. The Morgan fingerprint density at radius 2 is 1.62 bits per heavy atom. The highest BCUT2D eigenvalue weighted by molar-refractivity contribution is 5.69. The highest BCUT2D eigenvalue weighted by Gasteiger charge is 2.09. The van der Waals surface area contributed by atoms with Gasteiger partial charge in [0, 0.05) is 24.4 Å². The third-order valence-electron chi connectivity index (χ3n) is 4.21. The predicted molar refractivity (Wildman–Crippen MR) is 110 cm³/mol. The van der Waals surface area contributed by atoms with Crippen LogP contribution in [0.1, 0.15) is 30.0 Å². The zero-order valence-corrected chi connectivity index (χ0v) is 16.5. The van der Waals surface area contributed by atoms with Crippen LogP contribution in [0.5, 0.6) is 11.8 Å². The molecule has 1 atom stereocenters. The minimum absolute atomic E-state index is 0.178. The second-order valence-electron chi connectivity index (χ2n) is 6.71. The van der Waals surface area contributed by atoms with Gasteiger partial charge in [-0.2, -0.15) is 0 Å². The van der Waals surface area contributed by atoms with Crippen LogP contribution in [-0.2, 0) is 16.0 Å². The number of ether oxygens (including phenoxy) is 2. The molecule has 0 saturated heterocycles. The van der Waals surface area contributed by atoms with E-state index in [0.29, 0.717) is 17.7 Å². The third kappa shape index (κ3) is 6.47. The Morgan fingerprint density at radius 3 is 2.28 bits per heavy atom. The van der Waals surface area contributed by atoms with Gasteiger partial charge in [0.15, 0.2) is 0 Å². The number of benzene rings is 2. The molecular formula is C24H22N2O3. The molecule has 0 fully saturated rings. The average Bonchev–Trinajstić information content (AvgIpc) is 2.75. The molecule has 1 heterocycles. The number of carbonyl (C=O) groups excluding carboxylic acids is 1. The Bertz CT molecular complexity index is 988. The minimum atomic E-state index is -0.178. The van der Waals surface area contributed by atoms with Crippen molar-refractivity contribution in [3.05, 3.63) is 83.7 Å². The van der Waals surface area contributed by atoms with Crippen molar-refractivity contribution in [1.29, 1.82) is 0 Å². The standard InChI is InChI=1S/C24H22N2O3/c1-18(15-23(27)28-2)14-20-11-8-19(9-12-20)10-13-21-16-25-24(26-17-21)29-22-6-4-3-5-7-22/h3-9,11-12,16-18H,14-15H2,1-2H3. The monoisotopic (exact) mass is 386 g/mol. The summed E-state index contributed by atoms with van der Waals surface area (Å²) in [7, 11) is 1.41. The van der Waals surface area contributed by atoms with Crippen molar-refractivity contribution < 1.29 is 14.3 Å². The van der Waals surface area contributed by atoms with Crippen LogP contribution in [0.25, 0.3) is 0 Å². The van der Waals surface area contributed by atoms with Gasteiger partial charge < -0.3 is 9.47 Å². The average molecular weight is 386 g/mol. The Morgan fingerprint density at radius 1 is 0.966 bits per heavy atom. The van der Waals surface area contributed by atoms with Crippen LogP contribution in [0.15, 0.2) is 67.0 Å². The van der Waals surface area contributed by atoms with Gasteiger partial charge in [0.05, 0.1) is 12.7 Å². The van der Waals surface area contributed by atoms with Crippen molar-refractivity contribution in [3.63, 3.8) is 0 Å². The van der Waals surface area contributed by atoms with Crippen molar-refractivity contribution >= 4 is 5.97 Å². The van der Waals surface area contributed by atoms with Crippen molar-refractivity contribution in [1.82, 2.24) is 9.97 Å². The van der Waals surface area contributed by atoms with Crippen molar-refractivity contribution in [2.75, 3.05) is 7.11 Å². The molecule has 2 aromatic carbocycles. The first-order valence-corrected chi connectivity index (χ1v) is 9.35.